The van der Waals surface area contributed by atoms with Crippen molar-refractivity contribution >= 4 is 15.9 Å². The molecule has 2 rings (SSSR count). The molecule has 20 heavy (non-hydrogen) atoms. The van der Waals surface area contributed by atoms with Crippen LogP contribution in [0.1, 0.15) is 23.1 Å². The molecule has 2 aromatic rings. The second-order valence-electron chi connectivity index (χ2n) is 5.17. The molecule has 0 radical (unpaired) electrons. The van der Waals surface area contributed by atoms with Crippen molar-refractivity contribution in [1.82, 2.24) is 0 Å². The molecule has 0 aromatic heterocycles. The number of hydrogen-bond acceptors (Lipinski definition) is 1. The van der Waals surface area contributed by atoms with E-state index in [-0.39, 0.29) is 11.9 Å². The van der Waals surface area contributed by atoms with Gasteiger partial charge in [-0.25, -0.2) is 4.39 Å². The zero-order valence-corrected chi connectivity index (χ0v) is 13.2. The van der Waals surface area contributed by atoms with Gasteiger partial charge in [0.1, 0.15) is 5.82 Å². The molecule has 106 valence electrons. The van der Waals surface area contributed by atoms with E-state index in [1.54, 1.807) is 6.07 Å². The number of nitrogens with two attached hydrogens (primary N) is 1. The Labute approximate surface area is 128 Å². The van der Waals surface area contributed by atoms with Gasteiger partial charge >= 0.3 is 0 Å². The predicted octanol–water partition coefficient (Wildman–Crippen LogP) is 4.40. The minimum absolute atomic E-state index is 0.0293. The van der Waals surface area contributed by atoms with Gasteiger partial charge in [0, 0.05) is 10.5 Å². The van der Waals surface area contributed by atoms with Crippen LogP contribution in [-0.4, -0.2) is 6.04 Å². The lowest BCUT2D eigenvalue weighted by Gasteiger charge is -2.13. The third-order valence-electron chi connectivity index (χ3n) is 3.54. The standard InChI is InChI=1S/C17H19BrFN/c1-12-4-2-3-5-13(12)6-8-16(20)11-14-10-15(18)7-9-17(14)19/h2-5,7,9-10,16H,6,8,11,20H2,1H3. The summed E-state index contributed by atoms with van der Waals surface area (Å²) in [5.41, 5.74) is 9.42. The second kappa shape index (κ2) is 7.00. The predicted molar refractivity (Wildman–Crippen MR) is 85.3 cm³/mol. The number of hydrogen-bond donors (Lipinski definition) is 1. The lowest BCUT2D eigenvalue weighted by atomic mass is 9.97. The average molecular weight is 336 g/mol. The van der Waals surface area contributed by atoms with Crippen LogP contribution < -0.4 is 5.73 Å². The van der Waals surface area contributed by atoms with E-state index in [1.807, 2.05) is 18.2 Å². The van der Waals surface area contributed by atoms with E-state index in [2.05, 4.69) is 35.0 Å². The Bertz CT molecular complexity index is 583. The topological polar surface area (TPSA) is 26.0 Å². The Kier molecular flexibility index (Phi) is 5.32. The number of aryl methyl sites for hydroxylation is 2. The number of benzene rings is 2. The Morgan fingerprint density at radius 3 is 2.65 bits per heavy atom. The van der Waals surface area contributed by atoms with Gasteiger partial charge in [0.15, 0.2) is 0 Å². The van der Waals surface area contributed by atoms with E-state index < -0.39 is 0 Å². The lowest BCUT2D eigenvalue weighted by Crippen LogP contribution is -2.24. The highest BCUT2D eigenvalue weighted by atomic mass is 79.9. The highest BCUT2D eigenvalue weighted by molar-refractivity contribution is 9.10. The van der Waals surface area contributed by atoms with Crippen LogP contribution in [0.3, 0.4) is 0 Å². The van der Waals surface area contributed by atoms with Crippen LogP contribution in [0.15, 0.2) is 46.9 Å². The third kappa shape index (κ3) is 4.15. The Morgan fingerprint density at radius 1 is 1.15 bits per heavy atom. The minimum atomic E-state index is -0.181. The van der Waals surface area contributed by atoms with Gasteiger partial charge in [-0.3, -0.25) is 0 Å². The van der Waals surface area contributed by atoms with Crippen molar-refractivity contribution in [2.24, 2.45) is 5.73 Å². The van der Waals surface area contributed by atoms with Crippen molar-refractivity contribution in [3.8, 4) is 0 Å². The summed E-state index contributed by atoms with van der Waals surface area (Å²) in [4.78, 5) is 0. The lowest BCUT2D eigenvalue weighted by molar-refractivity contribution is 0.565. The van der Waals surface area contributed by atoms with Gasteiger partial charge in [-0.1, -0.05) is 40.2 Å². The van der Waals surface area contributed by atoms with Gasteiger partial charge in [-0.15, -0.1) is 0 Å². The van der Waals surface area contributed by atoms with Crippen molar-refractivity contribution in [2.45, 2.75) is 32.2 Å². The molecular formula is C17H19BrFN. The molecule has 0 aliphatic heterocycles. The maximum Gasteiger partial charge on any atom is 0.126 e. The monoisotopic (exact) mass is 335 g/mol. The highest BCUT2D eigenvalue weighted by Crippen LogP contribution is 2.18. The number of halogens is 2. The first kappa shape index (κ1) is 15.2. The van der Waals surface area contributed by atoms with Gasteiger partial charge in [-0.05, 0) is 61.1 Å². The molecule has 0 aliphatic carbocycles. The quantitative estimate of drug-likeness (QED) is 0.860. The first-order valence-electron chi connectivity index (χ1n) is 6.80. The zero-order chi connectivity index (χ0) is 14.5. The van der Waals surface area contributed by atoms with Crippen LogP contribution in [0.25, 0.3) is 0 Å². The van der Waals surface area contributed by atoms with Gasteiger partial charge in [0.25, 0.3) is 0 Å². The molecule has 1 nitrogen and oxygen atoms in total. The molecule has 0 spiro atoms. The third-order valence-corrected chi connectivity index (χ3v) is 4.03. The normalized spacial score (nSPS) is 12.4. The van der Waals surface area contributed by atoms with Crippen molar-refractivity contribution in [3.63, 3.8) is 0 Å². The fourth-order valence-corrected chi connectivity index (χ4v) is 2.72. The molecule has 1 unspecified atom stereocenters. The van der Waals surface area contributed by atoms with Gasteiger partial charge in [0.2, 0.25) is 0 Å². The van der Waals surface area contributed by atoms with Crippen molar-refractivity contribution in [1.29, 1.82) is 0 Å². The Hall–Kier alpha value is -1.19. The maximum absolute atomic E-state index is 13.7. The van der Waals surface area contributed by atoms with Crippen molar-refractivity contribution < 1.29 is 4.39 Å². The SMILES string of the molecule is Cc1ccccc1CCC(N)Cc1cc(Br)ccc1F. The Morgan fingerprint density at radius 2 is 1.90 bits per heavy atom. The van der Waals surface area contributed by atoms with E-state index in [4.69, 9.17) is 5.73 Å². The van der Waals surface area contributed by atoms with Crippen LogP contribution in [0.4, 0.5) is 4.39 Å². The van der Waals surface area contributed by atoms with Gasteiger partial charge in [-0.2, -0.15) is 0 Å². The van der Waals surface area contributed by atoms with Crippen LogP contribution in [0.2, 0.25) is 0 Å². The number of rotatable bonds is 5. The summed E-state index contributed by atoms with van der Waals surface area (Å²) in [6.45, 7) is 2.11. The molecule has 0 amide bonds. The fourth-order valence-electron chi connectivity index (χ4n) is 2.32. The molecule has 0 fully saturated rings. The van der Waals surface area contributed by atoms with E-state index in [0.717, 1.165) is 17.3 Å². The molecule has 0 heterocycles. The molecule has 2 N–H and O–H groups in total. The molecule has 0 saturated heterocycles. The summed E-state index contributed by atoms with van der Waals surface area (Å²) in [7, 11) is 0. The summed E-state index contributed by atoms with van der Waals surface area (Å²) < 4.78 is 14.6. The maximum atomic E-state index is 13.7. The van der Waals surface area contributed by atoms with Crippen LogP contribution in [0.5, 0.6) is 0 Å². The van der Waals surface area contributed by atoms with Crippen LogP contribution >= 0.6 is 15.9 Å². The summed E-state index contributed by atoms with van der Waals surface area (Å²) in [6.07, 6.45) is 2.36. The summed E-state index contributed by atoms with van der Waals surface area (Å²) in [5.74, 6) is -0.181. The fraction of sp³-hybridized carbons (Fsp3) is 0.294. The molecular weight excluding hydrogens is 317 g/mol. The van der Waals surface area contributed by atoms with Crippen molar-refractivity contribution in [3.05, 3.63) is 69.4 Å². The summed E-state index contributed by atoms with van der Waals surface area (Å²) in [5, 5.41) is 0. The summed E-state index contributed by atoms with van der Waals surface area (Å²) in [6, 6.07) is 13.3. The molecule has 3 heteroatoms. The van der Waals surface area contributed by atoms with E-state index in [0.29, 0.717) is 12.0 Å². The highest BCUT2D eigenvalue weighted by Gasteiger charge is 2.10. The van der Waals surface area contributed by atoms with E-state index in [9.17, 15) is 4.39 Å². The molecule has 2 aromatic carbocycles. The van der Waals surface area contributed by atoms with Gasteiger partial charge < -0.3 is 5.73 Å². The molecule has 0 aliphatic rings. The summed E-state index contributed by atoms with van der Waals surface area (Å²) >= 11 is 3.36. The van der Waals surface area contributed by atoms with Crippen LogP contribution in [0, 0.1) is 12.7 Å². The van der Waals surface area contributed by atoms with E-state index in [1.165, 1.54) is 17.2 Å². The molecule has 1 atom stereocenters. The van der Waals surface area contributed by atoms with Crippen molar-refractivity contribution in [2.75, 3.05) is 0 Å². The Balaban J connectivity index is 1.94. The molecule has 0 bridgehead atoms. The van der Waals surface area contributed by atoms with Gasteiger partial charge in [0.05, 0.1) is 0 Å². The largest absolute Gasteiger partial charge is 0.327 e. The second-order valence-corrected chi connectivity index (χ2v) is 6.08. The van der Waals surface area contributed by atoms with Crippen LogP contribution in [-0.2, 0) is 12.8 Å². The first-order valence-corrected chi connectivity index (χ1v) is 7.59. The first-order chi connectivity index (χ1) is 9.56. The zero-order valence-electron chi connectivity index (χ0n) is 11.6. The minimum Gasteiger partial charge on any atom is -0.327 e. The smallest absolute Gasteiger partial charge is 0.126 e. The average Bonchev–Trinajstić information content (AvgIpc) is 2.42. The van der Waals surface area contributed by atoms with E-state index >= 15 is 0 Å². The molecule has 0 saturated carbocycles.